The molecule has 6 rings (SSSR count). The molecule has 1 spiro atoms. The number of aliphatic hydroxyl groups excluding tert-OH is 1. The SMILES string of the molecule is CCOc1ccc(N2CC=C[C@H]3O[C@]45C=CCN(c6c(C)cccc6C)C(=O)C4N([C@H](C)CO)C(=O)[C@@H]5[C@H]3C2=O)cc1. The van der Waals surface area contributed by atoms with Crippen molar-refractivity contribution in [3.05, 3.63) is 77.9 Å². The van der Waals surface area contributed by atoms with Crippen molar-refractivity contribution in [1.29, 1.82) is 0 Å². The van der Waals surface area contributed by atoms with Crippen LogP contribution in [0.4, 0.5) is 11.4 Å². The summed E-state index contributed by atoms with van der Waals surface area (Å²) in [7, 11) is 0. The molecule has 3 amide bonds. The molecule has 2 fully saturated rings. The molecule has 0 aromatic heterocycles. The molecule has 2 aromatic carbocycles. The predicted molar refractivity (Wildman–Crippen MR) is 158 cm³/mol. The molecule has 9 heteroatoms. The molecule has 0 bridgehead atoms. The molecule has 2 saturated heterocycles. The maximum absolute atomic E-state index is 14.6. The Morgan fingerprint density at radius 3 is 2.33 bits per heavy atom. The van der Waals surface area contributed by atoms with Gasteiger partial charge in [-0.25, -0.2) is 0 Å². The van der Waals surface area contributed by atoms with E-state index in [2.05, 4.69) is 0 Å². The number of likely N-dealkylation sites (tertiary alicyclic amines) is 1. The zero-order chi connectivity index (χ0) is 29.8. The number of para-hydroxylation sites is 1. The van der Waals surface area contributed by atoms with Gasteiger partial charge in [-0.15, -0.1) is 0 Å². The minimum absolute atomic E-state index is 0.238. The summed E-state index contributed by atoms with van der Waals surface area (Å²) in [4.78, 5) is 48.1. The second-order valence-electron chi connectivity index (χ2n) is 11.5. The van der Waals surface area contributed by atoms with Crippen molar-refractivity contribution in [2.45, 2.75) is 51.5 Å². The predicted octanol–water partition coefficient (Wildman–Crippen LogP) is 3.17. The number of fused-ring (bicyclic) bond motifs is 2. The molecule has 0 saturated carbocycles. The summed E-state index contributed by atoms with van der Waals surface area (Å²) >= 11 is 0. The molecular weight excluding hydrogens is 534 g/mol. The van der Waals surface area contributed by atoms with Crippen LogP contribution in [0.15, 0.2) is 66.8 Å². The van der Waals surface area contributed by atoms with E-state index in [1.165, 1.54) is 4.90 Å². The highest BCUT2D eigenvalue weighted by Crippen LogP contribution is 2.54. The number of benzene rings is 2. The Kier molecular flexibility index (Phi) is 7.19. The minimum atomic E-state index is -1.36. The van der Waals surface area contributed by atoms with Crippen LogP contribution in [-0.4, -0.2) is 77.8 Å². The number of aryl methyl sites for hydroxylation is 2. The van der Waals surface area contributed by atoms with Gasteiger partial charge in [0.15, 0.2) is 0 Å². The first-order chi connectivity index (χ1) is 20.2. The maximum atomic E-state index is 14.6. The lowest BCUT2D eigenvalue weighted by molar-refractivity contribution is -0.143. The Morgan fingerprint density at radius 2 is 1.67 bits per heavy atom. The second kappa shape index (κ2) is 10.7. The highest BCUT2D eigenvalue weighted by molar-refractivity contribution is 6.08. The van der Waals surface area contributed by atoms with E-state index in [4.69, 9.17) is 9.47 Å². The van der Waals surface area contributed by atoms with E-state index in [9.17, 15) is 19.5 Å². The third-order valence-corrected chi connectivity index (χ3v) is 9.00. The van der Waals surface area contributed by atoms with Crippen LogP contribution < -0.4 is 14.5 Å². The van der Waals surface area contributed by atoms with Gasteiger partial charge in [0.25, 0.3) is 5.91 Å². The molecule has 0 aliphatic carbocycles. The van der Waals surface area contributed by atoms with Crippen LogP contribution in [0.3, 0.4) is 0 Å². The number of carbonyl (C=O) groups is 3. The molecule has 9 nitrogen and oxygen atoms in total. The van der Waals surface area contributed by atoms with E-state index >= 15 is 0 Å². The maximum Gasteiger partial charge on any atom is 0.253 e. The molecule has 42 heavy (non-hydrogen) atoms. The second-order valence-corrected chi connectivity index (χ2v) is 11.5. The summed E-state index contributed by atoms with van der Waals surface area (Å²) in [5, 5.41) is 10.2. The number of aliphatic hydroxyl groups is 1. The molecule has 1 N–H and O–H groups in total. The van der Waals surface area contributed by atoms with Crippen LogP contribution in [0.25, 0.3) is 0 Å². The monoisotopic (exact) mass is 571 g/mol. The molecule has 4 heterocycles. The fourth-order valence-electron chi connectivity index (χ4n) is 7.19. The summed E-state index contributed by atoms with van der Waals surface area (Å²) in [5.74, 6) is -1.95. The summed E-state index contributed by atoms with van der Waals surface area (Å²) in [6, 6.07) is 11.5. The summed E-state index contributed by atoms with van der Waals surface area (Å²) < 4.78 is 12.3. The van der Waals surface area contributed by atoms with E-state index < -0.39 is 35.6 Å². The van der Waals surface area contributed by atoms with Gasteiger partial charge in [0.1, 0.15) is 17.4 Å². The third kappa shape index (κ3) is 4.17. The van der Waals surface area contributed by atoms with Crippen LogP contribution in [0.5, 0.6) is 5.75 Å². The number of carbonyl (C=O) groups excluding carboxylic acids is 3. The first-order valence-corrected chi connectivity index (χ1v) is 14.6. The lowest BCUT2D eigenvalue weighted by Gasteiger charge is -2.38. The highest BCUT2D eigenvalue weighted by Gasteiger charge is 2.72. The molecule has 4 aliphatic rings. The number of hydrogen-bond acceptors (Lipinski definition) is 6. The van der Waals surface area contributed by atoms with Crippen LogP contribution in [0, 0.1) is 25.7 Å². The van der Waals surface area contributed by atoms with Crippen molar-refractivity contribution in [2.24, 2.45) is 11.8 Å². The van der Waals surface area contributed by atoms with Crippen molar-refractivity contribution >= 4 is 29.1 Å². The molecule has 4 aliphatic heterocycles. The van der Waals surface area contributed by atoms with E-state index in [-0.39, 0.29) is 24.3 Å². The van der Waals surface area contributed by atoms with Crippen LogP contribution in [0.2, 0.25) is 0 Å². The average molecular weight is 572 g/mol. The van der Waals surface area contributed by atoms with E-state index in [1.54, 1.807) is 16.7 Å². The lowest BCUT2D eigenvalue weighted by Crippen LogP contribution is -2.58. The first-order valence-electron chi connectivity index (χ1n) is 14.6. The van der Waals surface area contributed by atoms with Crippen LogP contribution in [-0.2, 0) is 19.1 Å². The first kappa shape index (κ1) is 28.2. The van der Waals surface area contributed by atoms with Gasteiger partial charge in [-0.1, -0.05) is 42.5 Å². The minimum Gasteiger partial charge on any atom is -0.494 e. The van der Waals surface area contributed by atoms with Crippen LogP contribution >= 0.6 is 0 Å². The molecule has 220 valence electrons. The number of hydrogen-bond donors (Lipinski definition) is 1. The average Bonchev–Trinajstić information content (AvgIpc) is 3.30. The highest BCUT2D eigenvalue weighted by atomic mass is 16.5. The quantitative estimate of drug-likeness (QED) is 0.535. The third-order valence-electron chi connectivity index (χ3n) is 9.00. The van der Waals surface area contributed by atoms with E-state index in [1.807, 2.05) is 87.5 Å². The zero-order valence-electron chi connectivity index (χ0n) is 24.4. The van der Waals surface area contributed by atoms with Gasteiger partial charge >= 0.3 is 0 Å². The fraction of sp³-hybridized carbons (Fsp3) is 0.424. The van der Waals surface area contributed by atoms with Gasteiger partial charge in [0.2, 0.25) is 11.8 Å². The van der Waals surface area contributed by atoms with Crippen molar-refractivity contribution in [2.75, 3.05) is 36.1 Å². The number of amides is 3. The Balaban J connectivity index is 1.43. The summed E-state index contributed by atoms with van der Waals surface area (Å²) in [6.07, 6.45) is 6.75. The Hall–Kier alpha value is -3.95. The molecule has 6 atom stereocenters. The van der Waals surface area contributed by atoms with Crippen molar-refractivity contribution < 1.29 is 29.0 Å². The number of ether oxygens (including phenoxy) is 2. The number of rotatable bonds is 6. The van der Waals surface area contributed by atoms with Crippen molar-refractivity contribution in [3.8, 4) is 5.75 Å². The van der Waals surface area contributed by atoms with E-state index in [0.29, 0.717) is 31.1 Å². The van der Waals surface area contributed by atoms with Gasteiger partial charge in [0, 0.05) is 24.5 Å². The molecular formula is C33H37N3O6. The largest absolute Gasteiger partial charge is 0.494 e. The Morgan fingerprint density at radius 1 is 0.976 bits per heavy atom. The topological polar surface area (TPSA) is 99.6 Å². The fourth-order valence-corrected chi connectivity index (χ4v) is 7.19. The number of nitrogens with zero attached hydrogens (tertiary/aromatic N) is 3. The van der Waals surface area contributed by atoms with Crippen LogP contribution in [0.1, 0.15) is 25.0 Å². The Bertz CT molecular complexity index is 1450. The standard InChI is InChI=1S/C33H37N3O6/c1-5-41-24-14-12-23(13-15-24)34-17-7-11-25-26(30(34)38)27-31(39)36(22(4)19-37)29-32(40)35(18-8-16-33(27,29)42-25)28-20(2)9-6-10-21(28)3/h6-16,22,25-27,29,37H,5,17-19H2,1-4H3/t22-,25-,26+,27+,29?,33+/m1/s1. The zero-order valence-corrected chi connectivity index (χ0v) is 24.4. The summed E-state index contributed by atoms with van der Waals surface area (Å²) in [5.41, 5.74) is 2.00. The van der Waals surface area contributed by atoms with Gasteiger partial charge in [0.05, 0.1) is 37.2 Å². The van der Waals surface area contributed by atoms with Crippen molar-refractivity contribution in [3.63, 3.8) is 0 Å². The van der Waals surface area contributed by atoms with Gasteiger partial charge in [-0.3, -0.25) is 14.4 Å². The molecule has 1 unspecified atom stereocenters. The van der Waals surface area contributed by atoms with Gasteiger partial charge in [-0.2, -0.15) is 0 Å². The molecule has 2 aromatic rings. The van der Waals surface area contributed by atoms with Gasteiger partial charge < -0.3 is 29.3 Å². The number of anilines is 2. The lowest BCUT2D eigenvalue weighted by atomic mass is 9.77. The summed E-state index contributed by atoms with van der Waals surface area (Å²) in [6.45, 7) is 8.38. The van der Waals surface area contributed by atoms with E-state index in [0.717, 1.165) is 16.8 Å². The van der Waals surface area contributed by atoms with Crippen molar-refractivity contribution in [1.82, 2.24) is 4.90 Å². The Labute approximate surface area is 246 Å². The normalized spacial score (nSPS) is 29.3. The van der Waals surface area contributed by atoms with Gasteiger partial charge in [-0.05, 0) is 63.1 Å². The molecule has 0 radical (unpaired) electrons. The smallest absolute Gasteiger partial charge is 0.253 e.